The van der Waals surface area contributed by atoms with Gasteiger partial charge in [0.15, 0.2) is 6.10 Å². The zero-order valence-corrected chi connectivity index (χ0v) is 17.0. The Bertz CT molecular complexity index is 851. The number of carbonyl (C=O) groups is 2. The van der Waals surface area contributed by atoms with E-state index in [0.29, 0.717) is 16.3 Å². The number of thiophene rings is 1. The molecule has 0 spiro atoms. The molecule has 0 saturated heterocycles. The van der Waals surface area contributed by atoms with Gasteiger partial charge in [-0.1, -0.05) is 6.07 Å². The predicted molar refractivity (Wildman–Crippen MR) is 107 cm³/mol. The molecular formula is C21H25NO4S. The average Bonchev–Trinajstić information content (AvgIpc) is 2.97. The second-order valence-electron chi connectivity index (χ2n) is 6.98. The SMILES string of the molecule is COC(=O)c1c(NC(=O)[C@@H](C)Oc2cc(C)cc(C)c2)sc2c1CCCC2. The average molecular weight is 388 g/mol. The maximum Gasteiger partial charge on any atom is 0.341 e. The molecule has 1 aliphatic rings. The van der Waals surface area contributed by atoms with E-state index in [9.17, 15) is 9.59 Å². The Labute approximate surface area is 163 Å². The van der Waals surface area contributed by atoms with Gasteiger partial charge in [-0.05, 0) is 75.3 Å². The quantitative estimate of drug-likeness (QED) is 0.771. The van der Waals surface area contributed by atoms with E-state index >= 15 is 0 Å². The maximum atomic E-state index is 12.7. The molecule has 0 fully saturated rings. The highest BCUT2D eigenvalue weighted by atomic mass is 32.1. The Morgan fingerprint density at radius 2 is 1.78 bits per heavy atom. The first kappa shape index (κ1) is 19.4. The van der Waals surface area contributed by atoms with Crippen molar-refractivity contribution in [3.63, 3.8) is 0 Å². The fraction of sp³-hybridized carbons (Fsp3) is 0.429. The lowest BCUT2D eigenvalue weighted by molar-refractivity contribution is -0.122. The zero-order valence-electron chi connectivity index (χ0n) is 16.2. The molecule has 0 bridgehead atoms. The number of carbonyl (C=O) groups excluding carboxylic acids is 2. The molecule has 27 heavy (non-hydrogen) atoms. The molecule has 3 rings (SSSR count). The highest BCUT2D eigenvalue weighted by Crippen LogP contribution is 2.38. The Morgan fingerprint density at radius 3 is 2.44 bits per heavy atom. The van der Waals surface area contributed by atoms with Crippen molar-refractivity contribution in [1.82, 2.24) is 0 Å². The van der Waals surface area contributed by atoms with Gasteiger partial charge in [-0.15, -0.1) is 11.3 Å². The van der Waals surface area contributed by atoms with E-state index in [-0.39, 0.29) is 5.91 Å². The molecule has 5 nitrogen and oxygen atoms in total. The molecule has 144 valence electrons. The van der Waals surface area contributed by atoms with E-state index in [4.69, 9.17) is 9.47 Å². The normalized spacial score (nSPS) is 14.2. The van der Waals surface area contributed by atoms with Crippen LogP contribution in [0.2, 0.25) is 0 Å². The highest BCUT2D eigenvalue weighted by molar-refractivity contribution is 7.17. The summed E-state index contributed by atoms with van der Waals surface area (Å²) in [4.78, 5) is 26.1. The molecule has 0 radical (unpaired) electrons. The molecular weight excluding hydrogens is 362 g/mol. The molecule has 1 heterocycles. The number of methoxy groups -OCH3 is 1. The van der Waals surface area contributed by atoms with E-state index in [2.05, 4.69) is 11.4 Å². The number of aryl methyl sites for hydroxylation is 3. The molecule has 1 aliphatic carbocycles. The van der Waals surface area contributed by atoms with Gasteiger partial charge in [0.1, 0.15) is 10.8 Å². The van der Waals surface area contributed by atoms with Crippen LogP contribution in [-0.4, -0.2) is 25.1 Å². The minimum atomic E-state index is -0.684. The number of anilines is 1. The van der Waals surface area contributed by atoms with Gasteiger partial charge in [-0.3, -0.25) is 4.79 Å². The summed E-state index contributed by atoms with van der Waals surface area (Å²) in [6.07, 6.45) is 3.26. The summed E-state index contributed by atoms with van der Waals surface area (Å²) in [6.45, 7) is 5.69. The van der Waals surface area contributed by atoms with Gasteiger partial charge in [0, 0.05) is 4.88 Å². The second-order valence-corrected chi connectivity index (χ2v) is 8.08. The lowest BCUT2D eigenvalue weighted by atomic mass is 9.95. The van der Waals surface area contributed by atoms with Crippen LogP contribution in [0.1, 0.15) is 51.7 Å². The van der Waals surface area contributed by atoms with Crippen LogP contribution in [0.15, 0.2) is 18.2 Å². The lowest BCUT2D eigenvalue weighted by Crippen LogP contribution is -2.30. The van der Waals surface area contributed by atoms with Crippen LogP contribution < -0.4 is 10.1 Å². The van der Waals surface area contributed by atoms with Crippen LogP contribution in [0, 0.1) is 13.8 Å². The third-order valence-corrected chi connectivity index (χ3v) is 5.88. The zero-order chi connectivity index (χ0) is 19.6. The summed E-state index contributed by atoms with van der Waals surface area (Å²) < 4.78 is 10.8. The Morgan fingerprint density at radius 1 is 1.11 bits per heavy atom. The largest absolute Gasteiger partial charge is 0.481 e. The van der Waals surface area contributed by atoms with Gasteiger partial charge in [0.25, 0.3) is 5.91 Å². The van der Waals surface area contributed by atoms with Crippen molar-refractivity contribution < 1.29 is 19.1 Å². The number of ether oxygens (including phenoxy) is 2. The van der Waals surface area contributed by atoms with Crippen LogP contribution in [0.3, 0.4) is 0 Å². The number of rotatable bonds is 5. The fourth-order valence-electron chi connectivity index (χ4n) is 3.44. The van der Waals surface area contributed by atoms with Crippen molar-refractivity contribution in [3.8, 4) is 5.75 Å². The van der Waals surface area contributed by atoms with Gasteiger partial charge < -0.3 is 14.8 Å². The first-order valence-corrected chi connectivity index (χ1v) is 9.99. The van der Waals surface area contributed by atoms with Crippen molar-refractivity contribution in [2.45, 2.75) is 52.6 Å². The van der Waals surface area contributed by atoms with Crippen molar-refractivity contribution >= 4 is 28.2 Å². The minimum Gasteiger partial charge on any atom is -0.481 e. The highest BCUT2D eigenvalue weighted by Gasteiger charge is 2.28. The van der Waals surface area contributed by atoms with Crippen molar-refractivity contribution in [2.75, 3.05) is 12.4 Å². The summed E-state index contributed by atoms with van der Waals surface area (Å²) >= 11 is 1.47. The maximum absolute atomic E-state index is 12.7. The Hall–Kier alpha value is -2.34. The molecule has 1 N–H and O–H groups in total. The molecule has 1 amide bonds. The second kappa shape index (κ2) is 8.13. The summed E-state index contributed by atoms with van der Waals surface area (Å²) in [5, 5.41) is 3.45. The summed E-state index contributed by atoms with van der Waals surface area (Å²) in [7, 11) is 1.37. The first-order chi connectivity index (χ1) is 12.9. The third kappa shape index (κ3) is 4.33. The molecule has 0 aliphatic heterocycles. The number of benzene rings is 1. The van der Waals surface area contributed by atoms with Gasteiger partial charge in [0.05, 0.1) is 12.7 Å². The Balaban J connectivity index is 1.79. The molecule has 2 aromatic rings. The Kier molecular flexibility index (Phi) is 5.85. The smallest absolute Gasteiger partial charge is 0.341 e. The van der Waals surface area contributed by atoms with Crippen LogP contribution in [0.4, 0.5) is 5.00 Å². The number of hydrogen-bond donors (Lipinski definition) is 1. The third-order valence-electron chi connectivity index (χ3n) is 4.67. The molecule has 1 atom stereocenters. The van der Waals surface area contributed by atoms with E-state index in [1.54, 1.807) is 6.92 Å². The molecule has 6 heteroatoms. The van der Waals surface area contributed by atoms with E-state index in [1.165, 1.54) is 23.3 Å². The van der Waals surface area contributed by atoms with Gasteiger partial charge in [-0.25, -0.2) is 4.79 Å². The van der Waals surface area contributed by atoms with Crippen molar-refractivity contribution in [2.24, 2.45) is 0 Å². The fourth-order valence-corrected chi connectivity index (χ4v) is 4.72. The number of fused-ring (bicyclic) bond motifs is 1. The number of hydrogen-bond acceptors (Lipinski definition) is 5. The van der Waals surface area contributed by atoms with Gasteiger partial charge in [0.2, 0.25) is 0 Å². The predicted octanol–water partition coefficient (Wildman–Crippen LogP) is 4.44. The molecule has 1 aromatic carbocycles. The van der Waals surface area contributed by atoms with Gasteiger partial charge in [-0.2, -0.15) is 0 Å². The lowest BCUT2D eigenvalue weighted by Gasteiger charge is -2.16. The minimum absolute atomic E-state index is 0.280. The number of esters is 1. The van der Waals surface area contributed by atoms with Crippen LogP contribution in [0.5, 0.6) is 5.75 Å². The van der Waals surface area contributed by atoms with E-state index in [0.717, 1.165) is 42.4 Å². The van der Waals surface area contributed by atoms with Gasteiger partial charge >= 0.3 is 5.97 Å². The molecule has 1 aromatic heterocycles. The summed E-state index contributed by atoms with van der Waals surface area (Å²) in [5.41, 5.74) is 3.69. The standard InChI is InChI=1S/C21H25NO4S/c1-12-9-13(2)11-15(10-12)26-14(3)19(23)22-20-18(21(24)25-4)16-7-5-6-8-17(16)27-20/h9-11,14H,5-8H2,1-4H3,(H,22,23)/t14-/m1/s1. The molecule has 0 unspecified atom stereocenters. The summed E-state index contributed by atoms with van der Waals surface area (Å²) in [6, 6.07) is 5.86. The van der Waals surface area contributed by atoms with Crippen molar-refractivity contribution in [3.05, 3.63) is 45.3 Å². The van der Waals surface area contributed by atoms with Crippen molar-refractivity contribution in [1.29, 1.82) is 0 Å². The molecule has 0 saturated carbocycles. The van der Waals surface area contributed by atoms with Crippen LogP contribution in [0.25, 0.3) is 0 Å². The van der Waals surface area contributed by atoms with Crippen LogP contribution >= 0.6 is 11.3 Å². The van der Waals surface area contributed by atoms with E-state index < -0.39 is 12.1 Å². The number of amides is 1. The van der Waals surface area contributed by atoms with E-state index in [1.807, 2.05) is 26.0 Å². The summed E-state index contributed by atoms with van der Waals surface area (Å²) in [5.74, 6) is -0.0145. The monoisotopic (exact) mass is 387 g/mol. The number of nitrogens with one attached hydrogen (secondary N) is 1. The topological polar surface area (TPSA) is 64.6 Å². The first-order valence-electron chi connectivity index (χ1n) is 9.17. The van der Waals surface area contributed by atoms with Crippen LogP contribution in [-0.2, 0) is 22.4 Å².